The third-order valence-electron chi connectivity index (χ3n) is 5.91. The maximum Gasteiger partial charge on any atom is 0.407 e. The van der Waals surface area contributed by atoms with Crippen molar-refractivity contribution in [2.24, 2.45) is 11.8 Å². The molecule has 1 N–H and O–H groups in total. The first-order valence-electron chi connectivity index (χ1n) is 9.82. The van der Waals surface area contributed by atoms with Gasteiger partial charge < -0.3 is 29.0 Å². The number of hydrogen-bond acceptors (Lipinski definition) is 6. The summed E-state index contributed by atoms with van der Waals surface area (Å²) < 4.78 is 28.5. The van der Waals surface area contributed by atoms with Crippen molar-refractivity contribution in [3.63, 3.8) is 0 Å². The number of epoxide rings is 2. The van der Waals surface area contributed by atoms with Gasteiger partial charge in [-0.3, -0.25) is 0 Å². The first-order chi connectivity index (χ1) is 12.9. The van der Waals surface area contributed by atoms with Crippen molar-refractivity contribution >= 4 is 6.09 Å². The van der Waals surface area contributed by atoms with Gasteiger partial charge in [0.15, 0.2) is 0 Å². The molecule has 0 aromatic heterocycles. The fourth-order valence-electron chi connectivity index (χ4n) is 4.38. The van der Waals surface area contributed by atoms with Crippen molar-refractivity contribution in [3.05, 3.63) is 12.2 Å². The third kappa shape index (κ3) is 4.31. The van der Waals surface area contributed by atoms with Gasteiger partial charge in [-0.15, -0.1) is 0 Å². The molecule has 2 aliphatic heterocycles. The van der Waals surface area contributed by atoms with E-state index in [1.807, 2.05) is 0 Å². The summed E-state index contributed by atoms with van der Waals surface area (Å²) >= 11 is 0. The maximum atomic E-state index is 12.1. The van der Waals surface area contributed by atoms with E-state index in [4.69, 9.17) is 23.7 Å². The van der Waals surface area contributed by atoms with E-state index < -0.39 is 6.09 Å². The Kier molecular flexibility index (Phi) is 6.15. The number of hydrogen-bond donors (Lipinski definition) is 1. The number of rotatable bonds is 8. The van der Waals surface area contributed by atoms with Gasteiger partial charge in [-0.05, 0) is 25.7 Å². The lowest BCUT2D eigenvalue weighted by atomic mass is 9.68. The lowest BCUT2D eigenvalue weighted by molar-refractivity contribution is -0.118. The molecule has 1 amide bonds. The summed E-state index contributed by atoms with van der Waals surface area (Å²) in [5.41, 5.74) is -0.584. The van der Waals surface area contributed by atoms with Crippen LogP contribution < -0.4 is 5.32 Å². The van der Waals surface area contributed by atoms with E-state index in [1.54, 1.807) is 14.2 Å². The minimum Gasteiger partial charge on any atom is -0.443 e. The Morgan fingerprint density at radius 2 is 2.11 bits per heavy atom. The van der Waals surface area contributed by atoms with E-state index in [1.165, 1.54) is 0 Å². The topological polar surface area (TPSA) is 81.9 Å². The van der Waals surface area contributed by atoms with E-state index in [9.17, 15) is 4.79 Å². The molecule has 1 aliphatic carbocycles. The van der Waals surface area contributed by atoms with Crippen LogP contribution in [0.3, 0.4) is 0 Å². The van der Waals surface area contributed by atoms with Gasteiger partial charge in [-0.25, -0.2) is 4.79 Å². The van der Waals surface area contributed by atoms with Crippen LogP contribution in [0.4, 0.5) is 4.79 Å². The summed E-state index contributed by atoms with van der Waals surface area (Å²) in [4.78, 5) is 12.1. The Morgan fingerprint density at radius 1 is 1.37 bits per heavy atom. The van der Waals surface area contributed by atoms with Crippen LogP contribution in [-0.4, -0.2) is 69.6 Å². The zero-order chi connectivity index (χ0) is 19.7. The second-order valence-electron chi connectivity index (χ2n) is 8.28. The predicted octanol–water partition coefficient (Wildman–Crippen LogP) is 2.29. The van der Waals surface area contributed by atoms with Crippen molar-refractivity contribution in [2.75, 3.05) is 34.0 Å². The molecule has 27 heavy (non-hydrogen) atoms. The van der Waals surface area contributed by atoms with Crippen LogP contribution in [0, 0.1) is 11.8 Å². The molecule has 3 fully saturated rings. The Balaban J connectivity index is 1.69. The number of ether oxygens (including phenoxy) is 5. The van der Waals surface area contributed by atoms with Gasteiger partial charge in [0.1, 0.15) is 29.5 Å². The molecule has 3 aliphatic rings. The number of allylic oxidation sites excluding steroid dienone is 1. The molecule has 154 valence electrons. The lowest BCUT2D eigenvalue weighted by Gasteiger charge is -2.42. The molecule has 1 spiro atoms. The number of carbonyl (C=O) groups excluding carboxylic acids is 1. The molecule has 0 radical (unpaired) electrons. The van der Waals surface area contributed by atoms with E-state index >= 15 is 0 Å². The van der Waals surface area contributed by atoms with Crippen LogP contribution in [0.15, 0.2) is 12.2 Å². The molecular formula is C20H33NO6. The maximum absolute atomic E-state index is 12.1. The second-order valence-corrected chi connectivity index (χ2v) is 8.28. The van der Waals surface area contributed by atoms with Crippen LogP contribution >= 0.6 is 0 Å². The van der Waals surface area contributed by atoms with Crippen molar-refractivity contribution < 1.29 is 28.5 Å². The minimum atomic E-state index is -0.441. The molecule has 0 aromatic carbocycles. The highest BCUT2D eigenvalue weighted by molar-refractivity contribution is 5.67. The summed E-state index contributed by atoms with van der Waals surface area (Å²) in [7, 11) is 3.26. The number of nitrogens with one attached hydrogen (secondary N) is 1. The standard InChI is InChI=1S/C20H33NO6/c1-13(2)6-7-15-19(3,27-15)17-16(24-5)14(8-9-20(17)12-25-20)26-18(22)21-10-11-23-4/h6-7,13-17H,8-12H2,1-5H3,(H,21,22)/b7-6+/t14-,15-,16-,17?,19+,20+/m1/s1. The van der Waals surface area contributed by atoms with E-state index in [2.05, 4.69) is 38.2 Å². The Morgan fingerprint density at radius 3 is 2.70 bits per heavy atom. The summed E-state index contributed by atoms with van der Waals surface area (Å²) in [6.07, 6.45) is 4.86. The Hall–Kier alpha value is -1.15. The smallest absolute Gasteiger partial charge is 0.407 e. The van der Waals surface area contributed by atoms with E-state index in [0.29, 0.717) is 25.7 Å². The largest absolute Gasteiger partial charge is 0.443 e. The van der Waals surface area contributed by atoms with Crippen LogP contribution in [0.1, 0.15) is 33.6 Å². The molecule has 1 saturated carbocycles. The van der Waals surface area contributed by atoms with Gasteiger partial charge in [0.2, 0.25) is 0 Å². The number of carbonyl (C=O) groups is 1. The summed E-state index contributed by atoms with van der Waals surface area (Å²) in [6.45, 7) is 7.98. The normalized spacial score (nSPS) is 40.5. The highest BCUT2D eigenvalue weighted by Gasteiger charge is 2.72. The Bertz CT molecular complexity index is 561. The molecule has 7 heteroatoms. The number of amides is 1. The molecule has 0 aromatic rings. The van der Waals surface area contributed by atoms with Crippen LogP contribution in [0.5, 0.6) is 0 Å². The van der Waals surface area contributed by atoms with Gasteiger partial charge in [0.05, 0.1) is 19.1 Å². The van der Waals surface area contributed by atoms with Gasteiger partial charge in [0, 0.05) is 20.8 Å². The van der Waals surface area contributed by atoms with Crippen molar-refractivity contribution in [1.82, 2.24) is 5.32 Å². The first-order valence-corrected chi connectivity index (χ1v) is 9.82. The number of alkyl carbamates (subject to hydrolysis) is 1. The van der Waals surface area contributed by atoms with Crippen LogP contribution in [0.2, 0.25) is 0 Å². The molecule has 2 saturated heterocycles. The van der Waals surface area contributed by atoms with Crippen molar-refractivity contribution in [2.45, 2.75) is 63.1 Å². The van der Waals surface area contributed by atoms with Crippen LogP contribution in [0.25, 0.3) is 0 Å². The minimum absolute atomic E-state index is 0.0161. The second kappa shape index (κ2) is 8.07. The average Bonchev–Trinajstić information content (AvgIpc) is 3.53. The molecule has 2 heterocycles. The average molecular weight is 383 g/mol. The monoisotopic (exact) mass is 383 g/mol. The molecule has 3 rings (SSSR count). The fraction of sp³-hybridized carbons (Fsp3) is 0.850. The lowest BCUT2D eigenvalue weighted by Crippen LogP contribution is -2.56. The summed E-state index contributed by atoms with van der Waals surface area (Å²) in [5.74, 6) is 0.489. The highest BCUT2D eigenvalue weighted by atomic mass is 16.6. The number of methoxy groups -OCH3 is 2. The molecule has 0 bridgehead atoms. The first kappa shape index (κ1) is 20.6. The molecule has 6 atom stereocenters. The Labute approximate surface area is 161 Å². The van der Waals surface area contributed by atoms with Gasteiger partial charge in [-0.1, -0.05) is 26.0 Å². The zero-order valence-corrected chi connectivity index (χ0v) is 17.0. The van der Waals surface area contributed by atoms with Gasteiger partial charge >= 0.3 is 6.09 Å². The third-order valence-corrected chi connectivity index (χ3v) is 5.91. The predicted molar refractivity (Wildman–Crippen MR) is 99.6 cm³/mol. The quantitative estimate of drug-likeness (QED) is 0.393. The SMILES string of the molecule is COCCNC(=O)O[C@@H]1CC[C@]2(CO2)C([C@@]2(C)O[C@@H]2/C=C/C(C)C)[C@@H]1OC. The summed E-state index contributed by atoms with van der Waals surface area (Å²) in [6, 6.07) is 0. The summed E-state index contributed by atoms with van der Waals surface area (Å²) in [5, 5.41) is 2.71. The van der Waals surface area contributed by atoms with Gasteiger partial charge in [-0.2, -0.15) is 0 Å². The fourth-order valence-corrected chi connectivity index (χ4v) is 4.38. The van der Waals surface area contributed by atoms with Gasteiger partial charge in [0.25, 0.3) is 0 Å². The van der Waals surface area contributed by atoms with E-state index in [-0.39, 0.29) is 35.4 Å². The van der Waals surface area contributed by atoms with Crippen molar-refractivity contribution in [3.8, 4) is 0 Å². The highest BCUT2D eigenvalue weighted by Crippen LogP contribution is 2.59. The molecular weight excluding hydrogens is 350 g/mol. The zero-order valence-electron chi connectivity index (χ0n) is 17.0. The van der Waals surface area contributed by atoms with Crippen LogP contribution in [-0.2, 0) is 23.7 Å². The molecule has 1 unspecified atom stereocenters. The van der Waals surface area contributed by atoms with E-state index in [0.717, 1.165) is 12.8 Å². The van der Waals surface area contributed by atoms with Crippen molar-refractivity contribution in [1.29, 1.82) is 0 Å². The molecule has 7 nitrogen and oxygen atoms in total.